The van der Waals surface area contributed by atoms with Gasteiger partial charge in [0.25, 0.3) is 0 Å². The van der Waals surface area contributed by atoms with Crippen molar-refractivity contribution in [2.45, 2.75) is 5.41 Å². The second kappa shape index (κ2) is 9.62. The lowest BCUT2D eigenvalue weighted by Crippen LogP contribution is -2.34. The minimum atomic E-state index is -0.615. The maximum absolute atomic E-state index is 6.88. The normalized spacial score (nSPS) is 13.4. The Kier molecular flexibility index (Phi) is 5.41. The third-order valence-electron chi connectivity index (χ3n) is 9.02. The summed E-state index contributed by atoms with van der Waals surface area (Å²) in [5, 5.41) is 4.42. The first kappa shape index (κ1) is 24.8. The molecular weight excluding hydrogens is 536 g/mol. The number of ether oxygens (including phenoxy) is 1. The first-order chi connectivity index (χ1) is 21.8. The van der Waals surface area contributed by atoms with Crippen LogP contribution >= 0.6 is 0 Å². The van der Waals surface area contributed by atoms with Gasteiger partial charge in [-0.05, 0) is 46.8 Å². The molecule has 1 aliphatic heterocycles. The minimum Gasteiger partial charge on any atom is -0.456 e. The summed E-state index contributed by atoms with van der Waals surface area (Å²) >= 11 is 0. The zero-order valence-corrected chi connectivity index (χ0v) is 23.8. The van der Waals surface area contributed by atoms with Crippen molar-refractivity contribution in [3.63, 3.8) is 0 Å². The van der Waals surface area contributed by atoms with Gasteiger partial charge in [0.05, 0.1) is 22.1 Å². The Hall–Kier alpha value is -5.80. The van der Waals surface area contributed by atoms with Crippen LogP contribution in [0.2, 0.25) is 0 Å². The first-order valence-corrected chi connectivity index (χ1v) is 14.9. The van der Waals surface area contributed by atoms with E-state index in [-0.39, 0.29) is 0 Å². The summed E-state index contributed by atoms with van der Waals surface area (Å²) in [6.45, 7) is 0. The van der Waals surface area contributed by atoms with Gasteiger partial charge in [0.2, 0.25) is 0 Å². The molecule has 0 amide bonds. The second-order valence-electron chi connectivity index (χ2n) is 11.4. The first-order valence-electron chi connectivity index (χ1n) is 14.9. The monoisotopic (exact) mass is 562 g/mol. The van der Waals surface area contributed by atoms with Crippen LogP contribution in [0.25, 0.3) is 43.8 Å². The molecular formula is C41H26N2O. The topological polar surface area (TPSA) is 35.0 Å². The predicted molar refractivity (Wildman–Crippen MR) is 178 cm³/mol. The Labute approximate surface area is 255 Å². The van der Waals surface area contributed by atoms with Gasteiger partial charge in [-0.3, -0.25) is 4.98 Å². The summed E-state index contributed by atoms with van der Waals surface area (Å²) in [6.07, 6.45) is 1.83. The molecule has 0 bridgehead atoms. The molecule has 0 N–H and O–H groups in total. The van der Waals surface area contributed by atoms with Crippen molar-refractivity contribution in [2.24, 2.45) is 0 Å². The van der Waals surface area contributed by atoms with Crippen LogP contribution in [0.3, 0.4) is 0 Å². The molecule has 2 aromatic heterocycles. The average molecular weight is 563 g/mol. The third kappa shape index (κ3) is 3.56. The Morgan fingerprint density at radius 1 is 0.500 bits per heavy atom. The molecule has 3 heteroatoms. The molecule has 0 radical (unpaired) electrons. The van der Waals surface area contributed by atoms with Crippen molar-refractivity contribution in [3.8, 4) is 22.8 Å². The second-order valence-corrected chi connectivity index (χ2v) is 11.4. The highest BCUT2D eigenvalue weighted by Crippen LogP contribution is 2.57. The number of hydrogen-bond donors (Lipinski definition) is 0. The number of pyridine rings is 2. The van der Waals surface area contributed by atoms with Crippen LogP contribution in [0.15, 0.2) is 158 Å². The largest absolute Gasteiger partial charge is 0.456 e. The number of aromatic nitrogens is 2. The van der Waals surface area contributed by atoms with E-state index in [4.69, 9.17) is 9.72 Å². The molecule has 0 fully saturated rings. The Morgan fingerprint density at radius 3 is 1.95 bits per heavy atom. The van der Waals surface area contributed by atoms with Gasteiger partial charge in [0.15, 0.2) is 0 Å². The third-order valence-corrected chi connectivity index (χ3v) is 9.02. The average Bonchev–Trinajstić information content (AvgIpc) is 3.11. The van der Waals surface area contributed by atoms with E-state index < -0.39 is 5.41 Å². The van der Waals surface area contributed by atoms with Crippen LogP contribution in [0, 0.1) is 0 Å². The lowest BCUT2D eigenvalue weighted by Gasteiger charge is -2.42. The van der Waals surface area contributed by atoms with Gasteiger partial charge in [-0.15, -0.1) is 0 Å². The fraction of sp³-hybridized carbons (Fsp3) is 0.0244. The molecule has 0 aliphatic carbocycles. The molecule has 0 atom stereocenters. The summed E-state index contributed by atoms with van der Waals surface area (Å²) in [7, 11) is 0. The van der Waals surface area contributed by atoms with Crippen LogP contribution in [0.5, 0.6) is 11.5 Å². The SMILES string of the molecule is c1ccc(C2(c3ccccc3)c3cc(-c4ccc5ccc6cccnc6c5n4)ccc3Oc3c2ccc2ccccc32)cc1. The summed E-state index contributed by atoms with van der Waals surface area (Å²) in [6, 6.07) is 53.6. The molecule has 6 aromatic carbocycles. The number of nitrogens with zero attached hydrogens (tertiary/aromatic N) is 2. The van der Waals surface area contributed by atoms with Gasteiger partial charge in [-0.25, -0.2) is 4.98 Å². The zero-order chi connectivity index (χ0) is 29.1. The zero-order valence-electron chi connectivity index (χ0n) is 23.8. The van der Waals surface area contributed by atoms with E-state index in [1.54, 1.807) is 0 Å². The van der Waals surface area contributed by atoms with Gasteiger partial charge in [-0.2, -0.15) is 0 Å². The summed E-state index contributed by atoms with van der Waals surface area (Å²) in [4.78, 5) is 9.88. The van der Waals surface area contributed by atoms with E-state index in [2.05, 4.69) is 151 Å². The van der Waals surface area contributed by atoms with Crippen molar-refractivity contribution >= 4 is 32.6 Å². The maximum Gasteiger partial charge on any atom is 0.140 e. The molecule has 44 heavy (non-hydrogen) atoms. The van der Waals surface area contributed by atoms with Crippen molar-refractivity contribution in [1.82, 2.24) is 9.97 Å². The van der Waals surface area contributed by atoms with E-state index in [0.29, 0.717) is 0 Å². The summed E-state index contributed by atoms with van der Waals surface area (Å²) < 4.78 is 6.88. The van der Waals surface area contributed by atoms with Gasteiger partial charge < -0.3 is 4.74 Å². The predicted octanol–water partition coefficient (Wildman–Crippen LogP) is 10.1. The number of hydrogen-bond acceptors (Lipinski definition) is 3. The van der Waals surface area contributed by atoms with Gasteiger partial charge in [0, 0.05) is 39.0 Å². The van der Waals surface area contributed by atoms with E-state index >= 15 is 0 Å². The standard InChI is InChI=1S/C41H26N2O/c1-3-12-31(13-4-1)41(32-14-5-2-6-15-32)34-22-19-27-10-7-8-16-33(27)40(34)44-37-24-21-30(26-35(37)41)36-23-20-29-18-17-28-11-9-25-42-38(28)39(29)43-36/h1-26H. The Balaban J connectivity index is 1.36. The smallest absolute Gasteiger partial charge is 0.140 e. The van der Waals surface area contributed by atoms with Crippen molar-refractivity contribution in [2.75, 3.05) is 0 Å². The molecule has 3 nitrogen and oxygen atoms in total. The molecule has 3 heterocycles. The molecule has 0 unspecified atom stereocenters. The minimum absolute atomic E-state index is 0.615. The fourth-order valence-electron chi connectivity index (χ4n) is 7.02. The molecule has 1 aliphatic rings. The van der Waals surface area contributed by atoms with E-state index in [1.165, 1.54) is 11.1 Å². The molecule has 206 valence electrons. The highest BCUT2D eigenvalue weighted by molar-refractivity contribution is 6.03. The van der Waals surface area contributed by atoms with Crippen LogP contribution in [-0.2, 0) is 5.41 Å². The van der Waals surface area contributed by atoms with E-state index in [0.717, 1.165) is 66.5 Å². The molecule has 8 aromatic rings. The highest BCUT2D eigenvalue weighted by Gasteiger charge is 2.46. The molecule has 9 rings (SSSR count). The van der Waals surface area contributed by atoms with E-state index in [9.17, 15) is 0 Å². The van der Waals surface area contributed by atoms with Gasteiger partial charge in [-0.1, -0.05) is 121 Å². The maximum atomic E-state index is 6.88. The van der Waals surface area contributed by atoms with Gasteiger partial charge in [0.1, 0.15) is 11.5 Å². The Morgan fingerprint density at radius 2 is 1.16 bits per heavy atom. The highest BCUT2D eigenvalue weighted by atomic mass is 16.5. The van der Waals surface area contributed by atoms with Crippen molar-refractivity contribution < 1.29 is 4.74 Å². The van der Waals surface area contributed by atoms with Crippen LogP contribution in [0.4, 0.5) is 0 Å². The van der Waals surface area contributed by atoms with Crippen LogP contribution in [0.1, 0.15) is 22.3 Å². The molecule has 0 spiro atoms. The van der Waals surface area contributed by atoms with Crippen molar-refractivity contribution in [3.05, 3.63) is 180 Å². The number of benzene rings is 6. The summed E-state index contributed by atoms with van der Waals surface area (Å²) in [5.74, 6) is 1.75. The molecule has 0 saturated heterocycles. The van der Waals surface area contributed by atoms with Crippen LogP contribution in [-0.4, -0.2) is 9.97 Å². The lowest BCUT2D eigenvalue weighted by atomic mass is 9.63. The Bertz CT molecular complexity index is 2320. The van der Waals surface area contributed by atoms with E-state index in [1.807, 2.05) is 12.3 Å². The van der Waals surface area contributed by atoms with Crippen LogP contribution < -0.4 is 4.74 Å². The molecule has 0 saturated carbocycles. The summed E-state index contributed by atoms with van der Waals surface area (Å²) in [5.41, 5.74) is 7.72. The number of fused-ring (bicyclic) bond motifs is 7. The van der Waals surface area contributed by atoms with Gasteiger partial charge >= 0.3 is 0 Å². The number of rotatable bonds is 3. The fourth-order valence-corrected chi connectivity index (χ4v) is 7.02. The quantitative estimate of drug-likeness (QED) is 0.201. The lowest BCUT2D eigenvalue weighted by molar-refractivity contribution is 0.440. The van der Waals surface area contributed by atoms with Crippen molar-refractivity contribution in [1.29, 1.82) is 0 Å².